The highest BCUT2D eigenvalue weighted by atomic mass is 16.5. The molecule has 2 amide bonds. The number of nitrogens with one attached hydrogen (secondary N) is 1. The molecule has 0 aliphatic carbocycles. The van der Waals surface area contributed by atoms with E-state index in [1.54, 1.807) is 12.0 Å². The van der Waals surface area contributed by atoms with Crippen LogP contribution in [0.15, 0.2) is 84.9 Å². The molecule has 4 rings (SSSR count). The minimum atomic E-state index is -0.867. The second-order valence-electron chi connectivity index (χ2n) is 10.4. The molecule has 0 saturated carbocycles. The number of aliphatic carboxylic acids is 1. The maximum Gasteiger partial charge on any atom is 0.306 e. The molecule has 1 heterocycles. The van der Waals surface area contributed by atoms with Crippen molar-refractivity contribution in [3.05, 3.63) is 96.1 Å². The number of hydrogen-bond acceptors (Lipinski definition) is 4. The summed E-state index contributed by atoms with van der Waals surface area (Å²) in [5.41, 5.74) is 2.65. The van der Waals surface area contributed by atoms with Gasteiger partial charge >= 0.3 is 5.97 Å². The number of carboxylic acid groups (broad SMARTS) is 1. The number of anilines is 1. The van der Waals surface area contributed by atoms with Crippen molar-refractivity contribution in [2.24, 2.45) is 11.8 Å². The lowest BCUT2D eigenvalue weighted by Crippen LogP contribution is -2.49. The largest absolute Gasteiger partial charge is 0.495 e. The van der Waals surface area contributed by atoms with E-state index in [4.69, 9.17) is 4.74 Å². The zero-order valence-electron chi connectivity index (χ0n) is 23.0. The molecule has 0 bridgehead atoms. The second kappa shape index (κ2) is 14.3. The Labute approximate surface area is 236 Å². The summed E-state index contributed by atoms with van der Waals surface area (Å²) in [5, 5.41) is 13.0. The molecule has 7 nitrogen and oxygen atoms in total. The summed E-state index contributed by atoms with van der Waals surface area (Å²) in [4.78, 5) is 41.2. The van der Waals surface area contributed by atoms with Crippen LogP contribution in [-0.2, 0) is 27.2 Å². The topological polar surface area (TPSA) is 95.9 Å². The van der Waals surface area contributed by atoms with Crippen molar-refractivity contribution >= 4 is 23.5 Å². The van der Waals surface area contributed by atoms with Crippen LogP contribution in [0.5, 0.6) is 5.75 Å². The van der Waals surface area contributed by atoms with Gasteiger partial charge in [-0.1, -0.05) is 72.8 Å². The van der Waals surface area contributed by atoms with Crippen LogP contribution in [0, 0.1) is 11.8 Å². The minimum Gasteiger partial charge on any atom is -0.495 e. The molecule has 3 unspecified atom stereocenters. The van der Waals surface area contributed by atoms with Crippen molar-refractivity contribution < 1.29 is 24.2 Å². The zero-order chi connectivity index (χ0) is 28.3. The fourth-order valence-electron chi connectivity index (χ4n) is 5.39. The van der Waals surface area contributed by atoms with Gasteiger partial charge in [-0.05, 0) is 68.2 Å². The Bertz CT molecular complexity index is 1260. The van der Waals surface area contributed by atoms with Gasteiger partial charge in [-0.25, -0.2) is 0 Å². The summed E-state index contributed by atoms with van der Waals surface area (Å²) >= 11 is 0. The highest BCUT2D eigenvalue weighted by molar-refractivity contribution is 6.00. The van der Waals surface area contributed by atoms with Gasteiger partial charge in [0, 0.05) is 12.5 Å². The van der Waals surface area contributed by atoms with Crippen LogP contribution in [0.3, 0.4) is 0 Å². The molecular weight excluding hydrogens is 504 g/mol. The molecule has 1 aliphatic heterocycles. The van der Waals surface area contributed by atoms with Crippen molar-refractivity contribution in [1.82, 2.24) is 5.32 Å². The van der Waals surface area contributed by atoms with Crippen molar-refractivity contribution in [3.8, 4) is 5.75 Å². The number of benzene rings is 3. The normalized spacial score (nSPS) is 17.0. The summed E-state index contributed by atoms with van der Waals surface area (Å²) < 4.78 is 5.50. The summed E-state index contributed by atoms with van der Waals surface area (Å²) in [5.74, 6) is -1.68. The number of carbonyl (C=O) groups excluding carboxylic acids is 2. The van der Waals surface area contributed by atoms with Gasteiger partial charge in [-0.2, -0.15) is 0 Å². The van der Waals surface area contributed by atoms with Gasteiger partial charge in [0.1, 0.15) is 11.8 Å². The van der Waals surface area contributed by atoms with Crippen molar-refractivity contribution in [2.75, 3.05) is 18.6 Å². The van der Waals surface area contributed by atoms with Crippen LogP contribution in [0.25, 0.3) is 0 Å². The molecule has 1 aliphatic rings. The van der Waals surface area contributed by atoms with Crippen molar-refractivity contribution in [1.29, 1.82) is 0 Å². The number of amides is 2. The van der Waals surface area contributed by atoms with Gasteiger partial charge in [0.05, 0.1) is 18.7 Å². The number of methoxy groups -OCH3 is 1. The fraction of sp³-hybridized carbons (Fsp3) is 0.364. The van der Waals surface area contributed by atoms with Crippen molar-refractivity contribution in [3.63, 3.8) is 0 Å². The summed E-state index contributed by atoms with van der Waals surface area (Å²) in [7, 11) is 1.58. The van der Waals surface area contributed by atoms with Crippen LogP contribution in [0.4, 0.5) is 5.69 Å². The zero-order valence-corrected chi connectivity index (χ0v) is 23.0. The van der Waals surface area contributed by atoms with E-state index in [2.05, 4.69) is 5.32 Å². The van der Waals surface area contributed by atoms with E-state index in [0.717, 1.165) is 24.0 Å². The average molecular weight is 543 g/mol. The molecule has 0 spiro atoms. The highest BCUT2D eigenvalue weighted by Gasteiger charge is 2.33. The maximum atomic E-state index is 13.7. The number of carboxylic acids is 1. The smallest absolute Gasteiger partial charge is 0.306 e. The molecule has 1 saturated heterocycles. The number of carbonyl (C=O) groups is 3. The molecule has 2 N–H and O–H groups in total. The van der Waals surface area contributed by atoms with Gasteiger partial charge in [-0.15, -0.1) is 0 Å². The Morgan fingerprint density at radius 1 is 0.875 bits per heavy atom. The molecule has 0 radical (unpaired) electrons. The Kier molecular flexibility index (Phi) is 10.3. The fourth-order valence-corrected chi connectivity index (χ4v) is 5.39. The van der Waals surface area contributed by atoms with Crippen LogP contribution >= 0.6 is 0 Å². The Morgan fingerprint density at radius 3 is 2.08 bits per heavy atom. The lowest BCUT2D eigenvalue weighted by Gasteiger charge is -2.27. The molecule has 40 heavy (non-hydrogen) atoms. The lowest BCUT2D eigenvalue weighted by molar-refractivity contribution is -0.142. The Balaban J connectivity index is 1.50. The van der Waals surface area contributed by atoms with E-state index in [-0.39, 0.29) is 11.8 Å². The number of nitrogens with zero attached hydrogens (tertiary/aromatic N) is 1. The van der Waals surface area contributed by atoms with Crippen LogP contribution in [0.1, 0.15) is 43.2 Å². The number of para-hydroxylation sites is 2. The first-order chi connectivity index (χ1) is 19.5. The van der Waals surface area contributed by atoms with E-state index in [0.29, 0.717) is 50.1 Å². The van der Waals surface area contributed by atoms with E-state index in [9.17, 15) is 19.5 Å². The molecule has 3 aromatic rings. The van der Waals surface area contributed by atoms with E-state index < -0.39 is 23.8 Å². The van der Waals surface area contributed by atoms with Crippen LogP contribution < -0.4 is 15.0 Å². The van der Waals surface area contributed by atoms with Gasteiger partial charge in [0.2, 0.25) is 11.8 Å². The molecule has 210 valence electrons. The van der Waals surface area contributed by atoms with Crippen LogP contribution in [-0.4, -0.2) is 42.6 Å². The Hall–Kier alpha value is -4.13. The molecule has 1 fully saturated rings. The lowest BCUT2D eigenvalue weighted by atomic mass is 9.87. The third kappa shape index (κ3) is 7.72. The third-order valence-corrected chi connectivity index (χ3v) is 7.61. The van der Waals surface area contributed by atoms with Gasteiger partial charge < -0.3 is 20.1 Å². The minimum absolute atomic E-state index is 0.152. The van der Waals surface area contributed by atoms with Gasteiger partial charge in [-0.3, -0.25) is 14.4 Å². The third-order valence-electron chi connectivity index (χ3n) is 7.61. The quantitative estimate of drug-likeness (QED) is 0.325. The monoisotopic (exact) mass is 542 g/mol. The van der Waals surface area contributed by atoms with Crippen molar-refractivity contribution in [2.45, 2.75) is 51.0 Å². The summed E-state index contributed by atoms with van der Waals surface area (Å²) in [6, 6.07) is 26.0. The Morgan fingerprint density at radius 2 is 1.45 bits per heavy atom. The predicted octanol–water partition coefficient (Wildman–Crippen LogP) is 5.28. The van der Waals surface area contributed by atoms with E-state index in [1.165, 1.54) is 0 Å². The number of rotatable bonds is 12. The highest BCUT2D eigenvalue weighted by Crippen LogP contribution is 2.30. The number of ether oxygens (including phenoxy) is 1. The molecule has 7 heteroatoms. The summed E-state index contributed by atoms with van der Waals surface area (Å²) in [6.45, 7) is 0.554. The van der Waals surface area contributed by atoms with E-state index in [1.807, 2.05) is 84.9 Å². The average Bonchev–Trinajstić information content (AvgIpc) is 3.16. The van der Waals surface area contributed by atoms with Gasteiger partial charge in [0.25, 0.3) is 0 Å². The SMILES string of the molecule is COc1ccccc1N1CCCCC(NC(=O)C(CCC(Cc2ccccc2)C(=O)O)Cc2ccccc2)C1=O. The molecule has 3 aromatic carbocycles. The predicted molar refractivity (Wildman–Crippen MR) is 155 cm³/mol. The van der Waals surface area contributed by atoms with Gasteiger partial charge in [0.15, 0.2) is 0 Å². The molecular formula is C33H38N2O5. The first-order valence-electron chi connectivity index (χ1n) is 14.0. The van der Waals surface area contributed by atoms with E-state index >= 15 is 0 Å². The maximum absolute atomic E-state index is 13.7. The molecule has 3 atom stereocenters. The first kappa shape index (κ1) is 28.9. The van der Waals surface area contributed by atoms with Crippen LogP contribution in [0.2, 0.25) is 0 Å². The molecule has 0 aromatic heterocycles. The summed E-state index contributed by atoms with van der Waals surface area (Å²) in [6.07, 6.45) is 3.84. The number of hydrogen-bond donors (Lipinski definition) is 2. The standard InChI is InChI=1S/C33H38N2O5/c1-40-30-18-9-8-17-29(30)35-21-11-10-16-28(32(35)37)34-31(36)26(22-24-12-4-2-5-13-24)19-20-27(33(38)39)23-25-14-6-3-7-15-25/h2-9,12-15,17-18,26-28H,10-11,16,19-23H2,1H3,(H,34,36)(H,38,39). The first-order valence-corrected chi connectivity index (χ1v) is 14.0. The second-order valence-corrected chi connectivity index (χ2v) is 10.4.